The molecule has 0 bridgehead atoms. The third-order valence-electron chi connectivity index (χ3n) is 1.15. The molecule has 0 aliphatic heterocycles. The van der Waals surface area contributed by atoms with Gasteiger partial charge in [-0.1, -0.05) is 11.6 Å². The molecular formula is C6H5ClLiNO2S. The van der Waals surface area contributed by atoms with Crippen molar-refractivity contribution in [3.63, 3.8) is 0 Å². The molecule has 6 heteroatoms. The van der Waals surface area contributed by atoms with E-state index >= 15 is 0 Å². The first-order valence-corrected chi connectivity index (χ1v) is 4.28. The van der Waals surface area contributed by atoms with Crippen molar-refractivity contribution in [3.05, 3.63) is 22.8 Å². The molecule has 1 rings (SSSR count). The van der Waals surface area contributed by atoms with E-state index in [-0.39, 0.29) is 23.9 Å². The van der Waals surface area contributed by atoms with Gasteiger partial charge in [-0.3, -0.25) is 4.21 Å². The summed E-state index contributed by atoms with van der Waals surface area (Å²) in [4.78, 5) is 3.63. The second-order valence-electron chi connectivity index (χ2n) is 2.01. The molecule has 0 aliphatic carbocycles. The Morgan fingerprint density at radius 2 is 2.25 bits per heavy atom. The molecule has 0 amide bonds. The van der Waals surface area contributed by atoms with Crippen LogP contribution >= 0.6 is 11.6 Å². The Kier molecular flexibility index (Phi) is 5.06. The molecule has 0 fully saturated rings. The number of pyridine rings is 1. The van der Waals surface area contributed by atoms with Crippen molar-refractivity contribution in [3.8, 4) is 0 Å². The Morgan fingerprint density at radius 1 is 1.67 bits per heavy atom. The zero-order valence-electron chi connectivity index (χ0n) is 6.70. The van der Waals surface area contributed by atoms with Crippen LogP contribution in [0.25, 0.3) is 0 Å². The molecule has 1 unspecified atom stereocenters. The van der Waals surface area contributed by atoms with Gasteiger partial charge in [0.1, 0.15) is 5.03 Å². The van der Waals surface area contributed by atoms with Gasteiger partial charge in [0.05, 0.1) is 5.02 Å². The second kappa shape index (κ2) is 5.00. The molecule has 0 spiro atoms. The Bertz CT molecular complexity index is 308. The maximum Gasteiger partial charge on any atom is 1.00 e. The molecule has 0 N–H and O–H groups in total. The zero-order chi connectivity index (χ0) is 8.43. The minimum absolute atomic E-state index is 0. The van der Waals surface area contributed by atoms with Gasteiger partial charge in [-0.2, -0.15) is 0 Å². The third-order valence-corrected chi connectivity index (χ3v) is 2.10. The average Bonchev–Trinajstić information content (AvgIpc) is 1.85. The molecule has 12 heavy (non-hydrogen) atoms. The summed E-state index contributed by atoms with van der Waals surface area (Å²) in [6.07, 6.45) is 1.31. The number of hydrogen-bond acceptors (Lipinski definition) is 3. The Labute approximate surface area is 90.0 Å². The number of rotatable bonds is 1. The van der Waals surface area contributed by atoms with E-state index in [1.54, 1.807) is 13.0 Å². The normalized spacial score (nSPS) is 11.9. The summed E-state index contributed by atoms with van der Waals surface area (Å²) in [7, 11) is 0. The smallest absolute Gasteiger partial charge is 0.767 e. The van der Waals surface area contributed by atoms with E-state index in [0.717, 1.165) is 0 Å². The van der Waals surface area contributed by atoms with E-state index in [9.17, 15) is 8.76 Å². The van der Waals surface area contributed by atoms with Crippen LogP contribution in [-0.2, 0) is 11.1 Å². The molecule has 1 aromatic heterocycles. The summed E-state index contributed by atoms with van der Waals surface area (Å²) < 4.78 is 20.9. The van der Waals surface area contributed by atoms with Crippen LogP contribution in [0.4, 0.5) is 0 Å². The fourth-order valence-electron chi connectivity index (χ4n) is 0.702. The van der Waals surface area contributed by atoms with E-state index in [1.807, 2.05) is 0 Å². The van der Waals surface area contributed by atoms with Gasteiger partial charge in [0.25, 0.3) is 0 Å². The summed E-state index contributed by atoms with van der Waals surface area (Å²) in [6, 6.07) is 1.56. The fraction of sp³-hybridized carbons (Fsp3) is 0.167. The van der Waals surface area contributed by atoms with Crippen molar-refractivity contribution in [2.45, 2.75) is 11.9 Å². The molecule has 60 valence electrons. The van der Waals surface area contributed by atoms with Crippen molar-refractivity contribution in [1.82, 2.24) is 4.98 Å². The van der Waals surface area contributed by atoms with E-state index in [2.05, 4.69) is 4.98 Å². The number of hydrogen-bond donors (Lipinski definition) is 0. The van der Waals surface area contributed by atoms with Gasteiger partial charge in [0.2, 0.25) is 0 Å². The minimum atomic E-state index is -2.27. The van der Waals surface area contributed by atoms with E-state index in [1.165, 1.54) is 6.20 Å². The van der Waals surface area contributed by atoms with Crippen LogP contribution in [0.15, 0.2) is 17.3 Å². The van der Waals surface area contributed by atoms with Crippen molar-refractivity contribution >= 4 is 22.7 Å². The summed E-state index contributed by atoms with van der Waals surface area (Å²) in [5, 5.41) is 0.492. The Hall–Kier alpha value is 0.147. The summed E-state index contributed by atoms with van der Waals surface area (Å²) in [5.74, 6) is 0. The first-order valence-electron chi connectivity index (χ1n) is 2.82. The molecular weight excluding hydrogens is 193 g/mol. The van der Waals surface area contributed by atoms with E-state index in [4.69, 9.17) is 11.6 Å². The first kappa shape index (κ1) is 12.1. The van der Waals surface area contributed by atoms with Gasteiger partial charge in [-0.05, 0) is 29.6 Å². The molecule has 0 saturated carbocycles. The molecule has 0 saturated heterocycles. The van der Waals surface area contributed by atoms with Gasteiger partial charge in [0.15, 0.2) is 0 Å². The molecule has 1 heterocycles. The summed E-state index contributed by atoms with van der Waals surface area (Å²) in [6.45, 7) is 1.64. The molecule has 3 nitrogen and oxygen atoms in total. The molecule has 0 aromatic carbocycles. The van der Waals surface area contributed by atoms with Crippen LogP contribution < -0.4 is 18.9 Å². The summed E-state index contributed by atoms with van der Waals surface area (Å²) in [5.41, 5.74) is 0.561. The van der Waals surface area contributed by atoms with E-state index < -0.39 is 11.1 Å². The number of nitrogens with zero attached hydrogens (tertiary/aromatic N) is 1. The largest absolute Gasteiger partial charge is 1.00 e. The Morgan fingerprint density at radius 3 is 2.67 bits per heavy atom. The maximum atomic E-state index is 10.4. The van der Waals surface area contributed by atoms with Gasteiger partial charge in [-0.15, -0.1) is 0 Å². The molecule has 0 aliphatic rings. The van der Waals surface area contributed by atoms with Crippen LogP contribution in [0.5, 0.6) is 0 Å². The standard InChI is InChI=1S/C6H6ClNO2S.Li/c1-4-2-5(7)3-8-6(4)11(9)10;/h2-3H,1H3,(H,9,10);/q;+1/p-1. The first-order chi connectivity index (χ1) is 5.11. The fourth-order valence-corrected chi connectivity index (χ4v) is 1.38. The van der Waals surface area contributed by atoms with Crippen LogP contribution in [0, 0.1) is 6.92 Å². The number of aromatic nitrogens is 1. The van der Waals surface area contributed by atoms with Gasteiger partial charge < -0.3 is 4.55 Å². The van der Waals surface area contributed by atoms with E-state index in [0.29, 0.717) is 10.6 Å². The quantitative estimate of drug-likeness (QED) is 0.398. The van der Waals surface area contributed by atoms with Crippen LogP contribution in [0.3, 0.4) is 0 Å². The zero-order valence-corrected chi connectivity index (χ0v) is 8.28. The third kappa shape index (κ3) is 2.89. The number of halogens is 1. The van der Waals surface area contributed by atoms with Gasteiger partial charge in [0, 0.05) is 6.20 Å². The molecule has 1 atom stereocenters. The van der Waals surface area contributed by atoms with Crippen LogP contribution in [0.1, 0.15) is 5.56 Å². The molecule has 1 aromatic rings. The maximum absolute atomic E-state index is 10.4. The van der Waals surface area contributed by atoms with Crippen molar-refractivity contribution < 1.29 is 27.6 Å². The van der Waals surface area contributed by atoms with Gasteiger partial charge in [-0.25, -0.2) is 4.98 Å². The van der Waals surface area contributed by atoms with Crippen molar-refractivity contribution in [1.29, 1.82) is 0 Å². The topological polar surface area (TPSA) is 53.0 Å². The SMILES string of the molecule is Cc1cc(Cl)cnc1S(=O)[O-].[Li+]. The Balaban J connectivity index is 0.00000121. The predicted octanol–water partition coefficient (Wildman–Crippen LogP) is -1.71. The molecule has 0 radical (unpaired) electrons. The van der Waals surface area contributed by atoms with Crippen molar-refractivity contribution in [2.75, 3.05) is 0 Å². The average molecular weight is 198 g/mol. The van der Waals surface area contributed by atoms with Crippen LogP contribution in [0.2, 0.25) is 5.02 Å². The summed E-state index contributed by atoms with van der Waals surface area (Å²) >= 11 is 3.29. The second-order valence-corrected chi connectivity index (χ2v) is 3.30. The minimum Gasteiger partial charge on any atom is -0.767 e. The predicted molar refractivity (Wildman–Crippen MR) is 41.2 cm³/mol. The monoisotopic (exact) mass is 197 g/mol. The van der Waals surface area contributed by atoms with Gasteiger partial charge >= 0.3 is 18.9 Å². The van der Waals surface area contributed by atoms with Crippen molar-refractivity contribution in [2.24, 2.45) is 0 Å². The number of aryl methyl sites for hydroxylation is 1. The van der Waals surface area contributed by atoms with Crippen LogP contribution in [-0.4, -0.2) is 13.7 Å².